The Bertz CT molecular complexity index is 314. The topological polar surface area (TPSA) is 43.7 Å². The molecule has 3 heteroatoms. The van der Waals surface area contributed by atoms with Crippen molar-refractivity contribution in [2.45, 2.75) is 19.1 Å². The van der Waals surface area contributed by atoms with Crippen molar-refractivity contribution in [1.29, 1.82) is 0 Å². The van der Waals surface area contributed by atoms with Crippen LogP contribution in [0.2, 0.25) is 0 Å². The SMILES string of the molecule is Oc1ccccc1CN1CC[C@@H](O)C1. The number of aliphatic hydroxyl groups is 1. The highest BCUT2D eigenvalue weighted by atomic mass is 16.3. The molecule has 0 unspecified atom stereocenters. The van der Waals surface area contributed by atoms with Crippen molar-refractivity contribution in [1.82, 2.24) is 4.90 Å². The highest BCUT2D eigenvalue weighted by molar-refractivity contribution is 5.31. The lowest BCUT2D eigenvalue weighted by Gasteiger charge is -2.15. The molecule has 0 bridgehead atoms. The highest BCUT2D eigenvalue weighted by Gasteiger charge is 2.20. The molecule has 1 atom stereocenters. The summed E-state index contributed by atoms with van der Waals surface area (Å²) >= 11 is 0. The maximum absolute atomic E-state index is 9.55. The summed E-state index contributed by atoms with van der Waals surface area (Å²) in [5.41, 5.74) is 0.932. The molecule has 1 aromatic rings. The zero-order chi connectivity index (χ0) is 9.97. The molecule has 0 aromatic heterocycles. The number of hydrogen-bond acceptors (Lipinski definition) is 3. The van der Waals surface area contributed by atoms with Crippen LogP contribution in [0.3, 0.4) is 0 Å². The van der Waals surface area contributed by atoms with Crippen molar-refractivity contribution < 1.29 is 10.2 Å². The van der Waals surface area contributed by atoms with Gasteiger partial charge in [0.2, 0.25) is 0 Å². The summed E-state index contributed by atoms with van der Waals surface area (Å²) in [4.78, 5) is 2.15. The molecule has 1 heterocycles. The van der Waals surface area contributed by atoms with E-state index in [2.05, 4.69) is 4.90 Å². The Hall–Kier alpha value is -1.06. The van der Waals surface area contributed by atoms with Gasteiger partial charge in [-0.3, -0.25) is 4.90 Å². The van der Waals surface area contributed by atoms with E-state index in [0.29, 0.717) is 12.3 Å². The number of aromatic hydroxyl groups is 1. The smallest absolute Gasteiger partial charge is 0.120 e. The summed E-state index contributed by atoms with van der Waals surface area (Å²) in [7, 11) is 0. The van der Waals surface area contributed by atoms with Crippen LogP contribution in [0.25, 0.3) is 0 Å². The van der Waals surface area contributed by atoms with Gasteiger partial charge < -0.3 is 10.2 Å². The Labute approximate surface area is 83.6 Å². The van der Waals surface area contributed by atoms with Crippen molar-refractivity contribution in [3.05, 3.63) is 29.8 Å². The Balaban J connectivity index is 2.01. The molecule has 1 aliphatic heterocycles. The summed E-state index contributed by atoms with van der Waals surface area (Å²) in [5, 5.41) is 18.9. The van der Waals surface area contributed by atoms with E-state index >= 15 is 0 Å². The fraction of sp³-hybridized carbons (Fsp3) is 0.455. The zero-order valence-electron chi connectivity index (χ0n) is 8.06. The maximum atomic E-state index is 9.55. The van der Waals surface area contributed by atoms with Crippen LogP contribution in [0.15, 0.2) is 24.3 Å². The fourth-order valence-electron chi connectivity index (χ4n) is 1.84. The van der Waals surface area contributed by atoms with Crippen molar-refractivity contribution in [3.8, 4) is 5.75 Å². The second-order valence-corrected chi connectivity index (χ2v) is 3.81. The summed E-state index contributed by atoms with van der Waals surface area (Å²) < 4.78 is 0. The molecule has 1 fully saturated rings. The van der Waals surface area contributed by atoms with Crippen LogP contribution in [-0.4, -0.2) is 34.3 Å². The van der Waals surface area contributed by atoms with Gasteiger partial charge in [0.1, 0.15) is 5.75 Å². The zero-order valence-corrected chi connectivity index (χ0v) is 8.06. The summed E-state index contributed by atoms with van der Waals surface area (Å²) in [5.74, 6) is 0.342. The van der Waals surface area contributed by atoms with E-state index < -0.39 is 0 Å². The van der Waals surface area contributed by atoms with Crippen LogP contribution in [0.1, 0.15) is 12.0 Å². The van der Waals surface area contributed by atoms with Crippen LogP contribution >= 0.6 is 0 Å². The minimum Gasteiger partial charge on any atom is -0.508 e. The summed E-state index contributed by atoms with van der Waals surface area (Å²) in [6.07, 6.45) is 0.647. The van der Waals surface area contributed by atoms with E-state index in [1.807, 2.05) is 18.2 Å². The number of likely N-dealkylation sites (tertiary alicyclic amines) is 1. The summed E-state index contributed by atoms with van der Waals surface area (Å²) in [6.45, 7) is 2.35. The van der Waals surface area contributed by atoms with Crippen LogP contribution in [0, 0.1) is 0 Å². The molecule has 1 saturated heterocycles. The third kappa shape index (κ3) is 2.05. The fourth-order valence-corrected chi connectivity index (χ4v) is 1.84. The molecule has 0 aliphatic carbocycles. The van der Waals surface area contributed by atoms with Gasteiger partial charge in [-0.2, -0.15) is 0 Å². The van der Waals surface area contributed by atoms with E-state index in [-0.39, 0.29) is 6.10 Å². The lowest BCUT2D eigenvalue weighted by Crippen LogP contribution is -2.21. The van der Waals surface area contributed by atoms with Crippen LogP contribution in [0.5, 0.6) is 5.75 Å². The molecule has 3 nitrogen and oxygen atoms in total. The minimum atomic E-state index is -0.194. The third-order valence-corrected chi connectivity index (χ3v) is 2.63. The first kappa shape index (κ1) is 9.49. The Morgan fingerprint density at radius 2 is 2.14 bits per heavy atom. The van der Waals surface area contributed by atoms with Crippen LogP contribution in [-0.2, 0) is 6.54 Å². The summed E-state index contributed by atoms with van der Waals surface area (Å²) in [6, 6.07) is 7.35. The predicted molar refractivity (Wildman–Crippen MR) is 54.0 cm³/mol. The average Bonchev–Trinajstić information content (AvgIpc) is 2.56. The molecule has 0 radical (unpaired) electrons. The van der Waals surface area contributed by atoms with Gasteiger partial charge in [-0.05, 0) is 12.5 Å². The van der Waals surface area contributed by atoms with E-state index in [0.717, 1.165) is 25.1 Å². The molecule has 0 saturated carbocycles. The quantitative estimate of drug-likeness (QED) is 0.735. The monoisotopic (exact) mass is 193 g/mol. The van der Waals surface area contributed by atoms with E-state index in [1.54, 1.807) is 6.07 Å². The lowest BCUT2D eigenvalue weighted by molar-refractivity contribution is 0.174. The van der Waals surface area contributed by atoms with Crippen molar-refractivity contribution >= 4 is 0 Å². The van der Waals surface area contributed by atoms with Crippen LogP contribution < -0.4 is 0 Å². The Kier molecular flexibility index (Phi) is 2.70. The predicted octanol–water partition coefficient (Wildman–Crippen LogP) is 0.959. The maximum Gasteiger partial charge on any atom is 0.120 e. The number of nitrogens with zero attached hydrogens (tertiary/aromatic N) is 1. The normalized spacial score (nSPS) is 22.8. The number of benzene rings is 1. The van der Waals surface area contributed by atoms with Gasteiger partial charge in [0, 0.05) is 25.2 Å². The van der Waals surface area contributed by atoms with Crippen molar-refractivity contribution in [3.63, 3.8) is 0 Å². The molecule has 2 N–H and O–H groups in total. The molecule has 1 aliphatic rings. The van der Waals surface area contributed by atoms with Gasteiger partial charge in [0.05, 0.1) is 6.10 Å². The Morgan fingerprint density at radius 1 is 1.36 bits per heavy atom. The third-order valence-electron chi connectivity index (χ3n) is 2.63. The van der Waals surface area contributed by atoms with Crippen molar-refractivity contribution in [2.24, 2.45) is 0 Å². The molecule has 14 heavy (non-hydrogen) atoms. The Morgan fingerprint density at radius 3 is 2.79 bits per heavy atom. The van der Waals surface area contributed by atoms with E-state index in [1.165, 1.54) is 0 Å². The first-order valence-electron chi connectivity index (χ1n) is 4.93. The van der Waals surface area contributed by atoms with E-state index in [9.17, 15) is 10.2 Å². The molecular formula is C11H15NO2. The first-order valence-corrected chi connectivity index (χ1v) is 4.93. The largest absolute Gasteiger partial charge is 0.508 e. The number of hydrogen-bond donors (Lipinski definition) is 2. The number of phenols is 1. The molecule has 1 aromatic carbocycles. The van der Waals surface area contributed by atoms with Crippen molar-refractivity contribution in [2.75, 3.05) is 13.1 Å². The average molecular weight is 193 g/mol. The number of aliphatic hydroxyl groups excluding tert-OH is 1. The molecule has 0 amide bonds. The molecular weight excluding hydrogens is 178 g/mol. The van der Waals surface area contributed by atoms with Gasteiger partial charge in [-0.25, -0.2) is 0 Å². The number of para-hydroxylation sites is 1. The van der Waals surface area contributed by atoms with Gasteiger partial charge in [-0.15, -0.1) is 0 Å². The molecule has 76 valence electrons. The number of phenolic OH excluding ortho intramolecular Hbond substituents is 1. The lowest BCUT2D eigenvalue weighted by atomic mass is 10.2. The standard InChI is InChI=1S/C11H15NO2/c13-10-5-6-12(8-10)7-9-3-1-2-4-11(9)14/h1-4,10,13-14H,5-8H2/t10-/m1/s1. The number of rotatable bonds is 2. The second-order valence-electron chi connectivity index (χ2n) is 3.81. The van der Waals surface area contributed by atoms with Gasteiger partial charge in [-0.1, -0.05) is 18.2 Å². The molecule has 0 spiro atoms. The highest BCUT2D eigenvalue weighted by Crippen LogP contribution is 2.20. The van der Waals surface area contributed by atoms with Gasteiger partial charge >= 0.3 is 0 Å². The second kappa shape index (κ2) is 3.98. The van der Waals surface area contributed by atoms with Gasteiger partial charge in [0.15, 0.2) is 0 Å². The minimum absolute atomic E-state index is 0.194. The molecule has 2 rings (SSSR count). The van der Waals surface area contributed by atoms with E-state index in [4.69, 9.17) is 0 Å². The first-order chi connectivity index (χ1) is 6.75. The van der Waals surface area contributed by atoms with Gasteiger partial charge in [0.25, 0.3) is 0 Å². The van der Waals surface area contributed by atoms with Crippen LogP contribution in [0.4, 0.5) is 0 Å². The number of β-amino-alcohol motifs (C(OH)–C–C–N with tert-alkyl or cyclic N) is 1.